The van der Waals surface area contributed by atoms with Crippen molar-refractivity contribution in [2.45, 2.75) is 13.8 Å². The van der Waals surface area contributed by atoms with Gasteiger partial charge in [-0.3, -0.25) is 4.79 Å². The standard InChI is InChI=1S/C10H10N2O/c1-6-3-4-8-9(7(6)2)11-5-12-10(8)13/h3-5H,1-2H3,(H,11,12,13). The molecule has 1 aromatic carbocycles. The quantitative estimate of drug-likeness (QED) is 0.658. The Morgan fingerprint density at radius 3 is 2.85 bits per heavy atom. The van der Waals surface area contributed by atoms with Crippen molar-refractivity contribution in [3.8, 4) is 0 Å². The third kappa shape index (κ3) is 1.13. The average Bonchev–Trinajstić information content (AvgIpc) is 2.12. The summed E-state index contributed by atoms with van der Waals surface area (Å²) in [6.45, 7) is 3.99. The van der Waals surface area contributed by atoms with E-state index in [1.165, 1.54) is 6.33 Å². The monoisotopic (exact) mass is 174 g/mol. The van der Waals surface area contributed by atoms with Gasteiger partial charge in [-0.1, -0.05) is 6.07 Å². The van der Waals surface area contributed by atoms with E-state index in [1.54, 1.807) is 0 Å². The normalized spacial score (nSPS) is 10.6. The Kier molecular flexibility index (Phi) is 1.65. The summed E-state index contributed by atoms with van der Waals surface area (Å²) in [5.74, 6) is 0. The Morgan fingerprint density at radius 2 is 2.08 bits per heavy atom. The minimum atomic E-state index is -0.0758. The molecule has 66 valence electrons. The Bertz CT molecular complexity index is 514. The Balaban J connectivity index is 3.03. The second kappa shape index (κ2) is 2.69. The number of H-pyrrole nitrogens is 1. The number of hydrogen-bond acceptors (Lipinski definition) is 2. The SMILES string of the molecule is Cc1ccc2c(=O)[nH]cnc2c1C. The van der Waals surface area contributed by atoms with Crippen molar-refractivity contribution in [1.82, 2.24) is 9.97 Å². The van der Waals surface area contributed by atoms with Gasteiger partial charge in [0, 0.05) is 0 Å². The van der Waals surface area contributed by atoms with Crippen LogP contribution in [0.15, 0.2) is 23.3 Å². The highest BCUT2D eigenvalue weighted by molar-refractivity contribution is 5.81. The number of rotatable bonds is 0. The number of nitrogens with one attached hydrogen (secondary N) is 1. The van der Waals surface area contributed by atoms with Crippen molar-refractivity contribution in [3.05, 3.63) is 39.9 Å². The summed E-state index contributed by atoms with van der Waals surface area (Å²) < 4.78 is 0. The molecular weight excluding hydrogens is 164 g/mol. The average molecular weight is 174 g/mol. The summed E-state index contributed by atoms with van der Waals surface area (Å²) >= 11 is 0. The summed E-state index contributed by atoms with van der Waals surface area (Å²) in [7, 11) is 0. The van der Waals surface area contributed by atoms with Crippen LogP contribution in [0.2, 0.25) is 0 Å². The van der Waals surface area contributed by atoms with Crippen LogP contribution in [-0.4, -0.2) is 9.97 Å². The van der Waals surface area contributed by atoms with Gasteiger partial charge in [-0.2, -0.15) is 0 Å². The van der Waals surface area contributed by atoms with Crippen LogP contribution in [0.25, 0.3) is 10.9 Å². The van der Waals surface area contributed by atoms with Crippen LogP contribution >= 0.6 is 0 Å². The van der Waals surface area contributed by atoms with Crippen LogP contribution in [0.1, 0.15) is 11.1 Å². The number of benzene rings is 1. The lowest BCUT2D eigenvalue weighted by atomic mass is 10.1. The molecule has 0 amide bonds. The first-order valence-electron chi connectivity index (χ1n) is 4.14. The Labute approximate surface area is 75.4 Å². The van der Waals surface area contributed by atoms with Crippen molar-refractivity contribution in [2.24, 2.45) is 0 Å². The van der Waals surface area contributed by atoms with Crippen molar-refractivity contribution < 1.29 is 0 Å². The third-order valence-corrected chi connectivity index (χ3v) is 2.34. The molecule has 0 fully saturated rings. The van der Waals surface area contributed by atoms with Gasteiger partial charge in [0.25, 0.3) is 5.56 Å². The van der Waals surface area contributed by atoms with Gasteiger partial charge in [-0.15, -0.1) is 0 Å². The minimum Gasteiger partial charge on any atom is -0.313 e. The molecule has 3 heteroatoms. The van der Waals surface area contributed by atoms with Gasteiger partial charge in [0.05, 0.1) is 17.2 Å². The van der Waals surface area contributed by atoms with Crippen molar-refractivity contribution in [1.29, 1.82) is 0 Å². The van der Waals surface area contributed by atoms with E-state index in [-0.39, 0.29) is 5.56 Å². The molecule has 1 heterocycles. The Hall–Kier alpha value is -1.64. The van der Waals surface area contributed by atoms with Gasteiger partial charge in [0.2, 0.25) is 0 Å². The topological polar surface area (TPSA) is 45.8 Å². The molecule has 0 aliphatic heterocycles. The van der Waals surface area contributed by atoms with Crippen LogP contribution in [0, 0.1) is 13.8 Å². The maximum absolute atomic E-state index is 11.3. The molecule has 1 aromatic heterocycles. The van der Waals surface area contributed by atoms with E-state index in [9.17, 15) is 4.79 Å². The highest BCUT2D eigenvalue weighted by atomic mass is 16.1. The number of nitrogens with zero attached hydrogens (tertiary/aromatic N) is 1. The number of aryl methyl sites for hydroxylation is 2. The first-order chi connectivity index (χ1) is 6.20. The van der Waals surface area contributed by atoms with Gasteiger partial charge in [-0.05, 0) is 31.0 Å². The molecule has 13 heavy (non-hydrogen) atoms. The fourth-order valence-corrected chi connectivity index (χ4v) is 1.38. The van der Waals surface area contributed by atoms with Crippen LogP contribution in [0.5, 0.6) is 0 Å². The molecule has 2 aromatic rings. The molecule has 0 atom stereocenters. The summed E-state index contributed by atoms with van der Waals surface area (Å²) in [4.78, 5) is 18.0. The maximum Gasteiger partial charge on any atom is 0.258 e. The lowest BCUT2D eigenvalue weighted by Gasteiger charge is -2.02. The number of aromatic nitrogens is 2. The molecule has 0 unspecified atom stereocenters. The maximum atomic E-state index is 11.3. The van der Waals surface area contributed by atoms with E-state index < -0.39 is 0 Å². The molecular formula is C10H10N2O. The molecule has 0 saturated carbocycles. The summed E-state index contributed by atoms with van der Waals surface area (Å²) in [5, 5.41) is 0.658. The summed E-state index contributed by atoms with van der Waals surface area (Å²) in [5.41, 5.74) is 2.95. The zero-order chi connectivity index (χ0) is 9.42. The predicted octanol–water partition coefficient (Wildman–Crippen LogP) is 1.54. The molecule has 0 aliphatic rings. The second-order valence-electron chi connectivity index (χ2n) is 3.14. The van der Waals surface area contributed by atoms with E-state index >= 15 is 0 Å². The van der Waals surface area contributed by atoms with Gasteiger partial charge in [0.15, 0.2) is 0 Å². The van der Waals surface area contributed by atoms with E-state index in [1.807, 2.05) is 26.0 Å². The van der Waals surface area contributed by atoms with Crippen molar-refractivity contribution in [2.75, 3.05) is 0 Å². The molecule has 0 bridgehead atoms. The molecule has 0 aliphatic carbocycles. The first kappa shape index (κ1) is 7.98. The largest absolute Gasteiger partial charge is 0.313 e. The first-order valence-corrected chi connectivity index (χ1v) is 4.14. The Morgan fingerprint density at radius 1 is 1.31 bits per heavy atom. The highest BCUT2D eigenvalue weighted by Gasteiger charge is 2.03. The molecule has 0 saturated heterocycles. The molecule has 1 N–H and O–H groups in total. The van der Waals surface area contributed by atoms with Gasteiger partial charge in [0.1, 0.15) is 0 Å². The fraction of sp³-hybridized carbons (Fsp3) is 0.200. The summed E-state index contributed by atoms with van der Waals surface area (Å²) in [6, 6.07) is 3.75. The van der Waals surface area contributed by atoms with E-state index in [0.29, 0.717) is 5.39 Å². The lowest BCUT2D eigenvalue weighted by molar-refractivity contribution is 1.16. The molecule has 0 radical (unpaired) electrons. The number of hydrogen-bond donors (Lipinski definition) is 1. The second-order valence-corrected chi connectivity index (χ2v) is 3.14. The molecule has 0 spiro atoms. The third-order valence-electron chi connectivity index (χ3n) is 2.34. The fourth-order valence-electron chi connectivity index (χ4n) is 1.38. The smallest absolute Gasteiger partial charge is 0.258 e. The molecule has 3 nitrogen and oxygen atoms in total. The zero-order valence-electron chi connectivity index (χ0n) is 7.59. The van der Waals surface area contributed by atoms with Gasteiger partial charge in [-0.25, -0.2) is 4.98 Å². The van der Waals surface area contributed by atoms with Crippen molar-refractivity contribution in [3.63, 3.8) is 0 Å². The van der Waals surface area contributed by atoms with Crippen LogP contribution < -0.4 is 5.56 Å². The van der Waals surface area contributed by atoms with E-state index in [0.717, 1.165) is 16.6 Å². The van der Waals surface area contributed by atoms with Gasteiger partial charge < -0.3 is 4.98 Å². The predicted molar refractivity (Wildman–Crippen MR) is 51.8 cm³/mol. The lowest BCUT2D eigenvalue weighted by Crippen LogP contribution is -2.07. The number of aromatic amines is 1. The minimum absolute atomic E-state index is 0.0758. The zero-order valence-corrected chi connectivity index (χ0v) is 7.59. The van der Waals surface area contributed by atoms with Crippen LogP contribution in [0.3, 0.4) is 0 Å². The number of fused-ring (bicyclic) bond motifs is 1. The molecule has 2 rings (SSSR count). The van der Waals surface area contributed by atoms with Crippen LogP contribution in [0.4, 0.5) is 0 Å². The van der Waals surface area contributed by atoms with Crippen LogP contribution in [-0.2, 0) is 0 Å². The van der Waals surface area contributed by atoms with Gasteiger partial charge >= 0.3 is 0 Å². The summed E-state index contributed by atoms with van der Waals surface area (Å²) in [6.07, 6.45) is 1.44. The van der Waals surface area contributed by atoms with E-state index in [4.69, 9.17) is 0 Å². The highest BCUT2D eigenvalue weighted by Crippen LogP contribution is 2.15. The van der Waals surface area contributed by atoms with E-state index in [2.05, 4.69) is 9.97 Å². The van der Waals surface area contributed by atoms with Crippen molar-refractivity contribution >= 4 is 10.9 Å².